The minimum Gasteiger partial charge on any atom is -0.481 e. The Morgan fingerprint density at radius 3 is 2.81 bits per heavy atom. The Balaban J connectivity index is 1.80. The molecule has 0 saturated heterocycles. The fourth-order valence-electron chi connectivity index (χ4n) is 2.52. The first-order chi connectivity index (χ1) is 10.0. The van der Waals surface area contributed by atoms with E-state index in [1.54, 1.807) is 18.2 Å². The van der Waals surface area contributed by atoms with Gasteiger partial charge in [-0.05, 0) is 36.6 Å². The van der Waals surface area contributed by atoms with Crippen LogP contribution in [0.3, 0.4) is 0 Å². The quantitative estimate of drug-likeness (QED) is 0.678. The van der Waals surface area contributed by atoms with E-state index in [0.717, 1.165) is 24.1 Å². The number of carbonyl (C=O) groups excluding carboxylic acids is 2. The zero-order valence-corrected chi connectivity index (χ0v) is 11.4. The van der Waals surface area contributed by atoms with Crippen LogP contribution in [-0.4, -0.2) is 34.8 Å². The number of Topliss-reactive ketones (excluding diaryl/α,β-unsaturated/α-hetero) is 1. The van der Waals surface area contributed by atoms with Crippen LogP contribution in [-0.2, 0) is 16.0 Å². The number of ketones is 1. The van der Waals surface area contributed by atoms with Gasteiger partial charge in [-0.25, -0.2) is 0 Å². The standard InChI is InChI=1S/C15H16N2O4/c18-13-6-9-5-8(1-4-11(9)17-13)15(21)12(7-14(19)20)16-10-2-3-10/h1,4-5,10,12,16H,2-3,6-7H2,(H,17,18)(H,19,20). The van der Waals surface area contributed by atoms with Crippen molar-refractivity contribution in [3.05, 3.63) is 29.3 Å². The first-order valence-electron chi connectivity index (χ1n) is 6.98. The molecular weight excluding hydrogens is 272 g/mol. The molecule has 6 nitrogen and oxygen atoms in total. The van der Waals surface area contributed by atoms with Crippen LogP contribution in [0.4, 0.5) is 5.69 Å². The summed E-state index contributed by atoms with van der Waals surface area (Å²) in [5.41, 5.74) is 1.96. The predicted molar refractivity (Wildman–Crippen MR) is 75.3 cm³/mol. The highest BCUT2D eigenvalue weighted by molar-refractivity contribution is 6.04. The number of hydrogen-bond acceptors (Lipinski definition) is 4. The molecule has 1 fully saturated rings. The van der Waals surface area contributed by atoms with Crippen molar-refractivity contribution in [1.82, 2.24) is 5.32 Å². The molecule has 0 aromatic heterocycles. The number of hydrogen-bond donors (Lipinski definition) is 3. The Hall–Kier alpha value is -2.21. The highest BCUT2D eigenvalue weighted by Crippen LogP contribution is 2.25. The smallest absolute Gasteiger partial charge is 0.305 e. The van der Waals surface area contributed by atoms with Gasteiger partial charge in [0.1, 0.15) is 0 Å². The molecule has 3 rings (SSSR count). The normalized spacial score (nSPS) is 18.0. The molecule has 1 heterocycles. The van der Waals surface area contributed by atoms with Crippen LogP contribution < -0.4 is 10.6 Å². The second kappa shape index (κ2) is 5.29. The Labute approximate surface area is 121 Å². The first kappa shape index (κ1) is 13.8. The van der Waals surface area contributed by atoms with Gasteiger partial charge in [-0.3, -0.25) is 14.4 Å². The lowest BCUT2D eigenvalue weighted by molar-refractivity contribution is -0.137. The van der Waals surface area contributed by atoms with Crippen LogP contribution in [0.5, 0.6) is 0 Å². The molecule has 21 heavy (non-hydrogen) atoms. The summed E-state index contributed by atoms with van der Waals surface area (Å²) >= 11 is 0. The largest absolute Gasteiger partial charge is 0.481 e. The summed E-state index contributed by atoms with van der Waals surface area (Å²) in [4.78, 5) is 34.8. The third kappa shape index (κ3) is 3.11. The number of fused-ring (bicyclic) bond motifs is 1. The molecule has 1 aromatic carbocycles. The topological polar surface area (TPSA) is 95.5 Å². The maximum atomic E-state index is 12.5. The molecule has 110 valence electrons. The number of amides is 1. The number of carboxylic acid groups (broad SMARTS) is 1. The van der Waals surface area contributed by atoms with Crippen LogP contribution in [0.25, 0.3) is 0 Å². The van der Waals surface area contributed by atoms with E-state index in [4.69, 9.17) is 5.11 Å². The Morgan fingerprint density at radius 2 is 2.14 bits per heavy atom. The van der Waals surface area contributed by atoms with Crippen molar-refractivity contribution in [1.29, 1.82) is 0 Å². The fraction of sp³-hybridized carbons (Fsp3) is 0.400. The van der Waals surface area contributed by atoms with E-state index < -0.39 is 12.0 Å². The molecule has 6 heteroatoms. The van der Waals surface area contributed by atoms with Gasteiger partial charge >= 0.3 is 5.97 Å². The molecule has 1 aromatic rings. The zero-order chi connectivity index (χ0) is 15.0. The third-order valence-electron chi connectivity index (χ3n) is 3.72. The van der Waals surface area contributed by atoms with E-state index in [1.807, 2.05) is 0 Å². The molecule has 1 aliphatic carbocycles. The van der Waals surface area contributed by atoms with Crippen LogP contribution in [0, 0.1) is 0 Å². The van der Waals surface area contributed by atoms with Gasteiger partial charge in [0.15, 0.2) is 5.78 Å². The third-order valence-corrected chi connectivity index (χ3v) is 3.72. The Kier molecular flexibility index (Phi) is 3.47. The van der Waals surface area contributed by atoms with Crippen molar-refractivity contribution < 1.29 is 19.5 Å². The van der Waals surface area contributed by atoms with Crippen LogP contribution in [0.15, 0.2) is 18.2 Å². The van der Waals surface area contributed by atoms with E-state index in [2.05, 4.69) is 10.6 Å². The van der Waals surface area contributed by atoms with E-state index in [-0.39, 0.29) is 30.6 Å². The zero-order valence-electron chi connectivity index (χ0n) is 11.4. The molecule has 2 aliphatic rings. The summed E-state index contributed by atoms with van der Waals surface area (Å²) in [5, 5.41) is 14.7. The van der Waals surface area contributed by atoms with Crippen LogP contribution >= 0.6 is 0 Å². The van der Waals surface area contributed by atoms with Gasteiger partial charge < -0.3 is 15.7 Å². The van der Waals surface area contributed by atoms with Crippen molar-refractivity contribution in [3.63, 3.8) is 0 Å². The van der Waals surface area contributed by atoms with E-state index in [0.29, 0.717) is 5.56 Å². The molecule has 1 aliphatic heterocycles. The lowest BCUT2D eigenvalue weighted by atomic mass is 9.98. The van der Waals surface area contributed by atoms with Gasteiger partial charge in [-0.1, -0.05) is 0 Å². The highest BCUT2D eigenvalue weighted by atomic mass is 16.4. The fourth-order valence-corrected chi connectivity index (χ4v) is 2.52. The lowest BCUT2D eigenvalue weighted by Gasteiger charge is -2.16. The number of aliphatic carboxylic acids is 1. The van der Waals surface area contributed by atoms with Crippen molar-refractivity contribution in [2.45, 2.75) is 37.8 Å². The average molecular weight is 288 g/mol. The van der Waals surface area contributed by atoms with Crippen LogP contribution in [0.2, 0.25) is 0 Å². The number of anilines is 1. The summed E-state index contributed by atoms with van der Waals surface area (Å²) in [6.07, 6.45) is 1.98. The minimum absolute atomic E-state index is 0.0900. The molecule has 1 amide bonds. The van der Waals surface area contributed by atoms with Gasteiger partial charge in [-0.2, -0.15) is 0 Å². The van der Waals surface area contributed by atoms with Crippen LogP contribution in [0.1, 0.15) is 35.2 Å². The molecule has 1 atom stereocenters. The molecule has 0 radical (unpaired) electrons. The second-order valence-corrected chi connectivity index (χ2v) is 5.55. The van der Waals surface area contributed by atoms with Gasteiger partial charge in [0, 0.05) is 17.3 Å². The van der Waals surface area contributed by atoms with E-state index in [9.17, 15) is 14.4 Å². The summed E-state index contributed by atoms with van der Waals surface area (Å²) in [7, 11) is 0. The van der Waals surface area contributed by atoms with E-state index >= 15 is 0 Å². The monoisotopic (exact) mass is 288 g/mol. The Morgan fingerprint density at radius 1 is 1.38 bits per heavy atom. The number of carbonyl (C=O) groups is 3. The molecule has 1 unspecified atom stereocenters. The van der Waals surface area contributed by atoms with E-state index in [1.165, 1.54) is 0 Å². The lowest BCUT2D eigenvalue weighted by Crippen LogP contribution is -2.40. The molecular formula is C15H16N2O4. The highest BCUT2D eigenvalue weighted by Gasteiger charge is 2.31. The van der Waals surface area contributed by atoms with Crippen molar-refractivity contribution in [2.75, 3.05) is 5.32 Å². The predicted octanol–water partition coefficient (Wildman–Crippen LogP) is 0.959. The second-order valence-electron chi connectivity index (χ2n) is 5.55. The van der Waals surface area contributed by atoms with Gasteiger partial charge in [0.05, 0.1) is 18.9 Å². The minimum atomic E-state index is -1.00. The number of benzene rings is 1. The maximum absolute atomic E-state index is 12.5. The molecule has 0 bridgehead atoms. The maximum Gasteiger partial charge on any atom is 0.305 e. The summed E-state index contributed by atoms with van der Waals surface area (Å²) in [5.74, 6) is -1.32. The first-order valence-corrected chi connectivity index (χ1v) is 6.98. The van der Waals surface area contributed by atoms with Crippen molar-refractivity contribution in [2.24, 2.45) is 0 Å². The average Bonchev–Trinajstić information content (AvgIpc) is 3.15. The summed E-state index contributed by atoms with van der Waals surface area (Å²) in [6.45, 7) is 0. The van der Waals surface area contributed by atoms with Crippen molar-refractivity contribution >= 4 is 23.3 Å². The number of carboxylic acids is 1. The Bertz CT molecular complexity index is 622. The van der Waals surface area contributed by atoms with Gasteiger partial charge in [-0.15, -0.1) is 0 Å². The summed E-state index contributed by atoms with van der Waals surface area (Å²) < 4.78 is 0. The van der Waals surface area contributed by atoms with Gasteiger partial charge in [0.25, 0.3) is 0 Å². The van der Waals surface area contributed by atoms with Crippen molar-refractivity contribution in [3.8, 4) is 0 Å². The molecule has 3 N–H and O–H groups in total. The molecule has 1 saturated carbocycles. The number of rotatable bonds is 6. The molecule has 0 spiro atoms. The number of nitrogens with one attached hydrogen (secondary N) is 2. The summed E-state index contributed by atoms with van der Waals surface area (Å²) in [6, 6.07) is 4.55. The SMILES string of the molecule is O=C(O)CC(NC1CC1)C(=O)c1ccc2c(c1)CC(=O)N2. The van der Waals surface area contributed by atoms with Gasteiger partial charge in [0.2, 0.25) is 5.91 Å².